The van der Waals surface area contributed by atoms with E-state index in [9.17, 15) is 9.59 Å². The van der Waals surface area contributed by atoms with E-state index in [-0.39, 0.29) is 29.9 Å². The molecule has 0 aliphatic carbocycles. The van der Waals surface area contributed by atoms with Crippen molar-refractivity contribution in [2.45, 2.75) is 57.7 Å². The highest BCUT2D eigenvalue weighted by Gasteiger charge is 2.44. The molecular formula is C22H26N4O3. The van der Waals surface area contributed by atoms with Gasteiger partial charge in [0.2, 0.25) is 0 Å². The predicted molar refractivity (Wildman–Crippen MR) is 108 cm³/mol. The van der Waals surface area contributed by atoms with Gasteiger partial charge in [0, 0.05) is 24.3 Å². The van der Waals surface area contributed by atoms with Crippen molar-refractivity contribution in [3.8, 4) is 5.75 Å². The maximum atomic E-state index is 13.3. The molecule has 0 saturated carbocycles. The molecule has 0 spiro atoms. The highest BCUT2D eigenvalue weighted by atomic mass is 16.5. The van der Waals surface area contributed by atoms with Crippen LogP contribution in [0.4, 0.5) is 0 Å². The lowest BCUT2D eigenvalue weighted by Crippen LogP contribution is -2.52. The Hall–Kier alpha value is -2.96. The number of benzene rings is 1. The second-order valence-electron chi connectivity index (χ2n) is 7.71. The van der Waals surface area contributed by atoms with E-state index >= 15 is 0 Å². The quantitative estimate of drug-likeness (QED) is 0.843. The number of fused-ring (bicyclic) bond motifs is 2. The minimum absolute atomic E-state index is 0.0238. The van der Waals surface area contributed by atoms with E-state index in [1.54, 1.807) is 6.20 Å². The van der Waals surface area contributed by atoms with E-state index in [1.807, 2.05) is 43.0 Å². The van der Waals surface area contributed by atoms with Crippen LogP contribution in [0.15, 0.2) is 36.7 Å². The lowest BCUT2D eigenvalue weighted by atomic mass is 9.96. The monoisotopic (exact) mass is 394 g/mol. The number of rotatable bonds is 5. The Labute approximate surface area is 170 Å². The minimum Gasteiger partial charge on any atom is -0.493 e. The summed E-state index contributed by atoms with van der Waals surface area (Å²) >= 11 is 0. The first-order valence-electron chi connectivity index (χ1n) is 10.2. The lowest BCUT2D eigenvalue weighted by molar-refractivity contribution is 0.0545. The van der Waals surface area contributed by atoms with Gasteiger partial charge in [-0.25, -0.2) is 4.98 Å². The van der Waals surface area contributed by atoms with Crippen LogP contribution in [-0.2, 0) is 0 Å². The number of carbonyl (C=O) groups is 2. The van der Waals surface area contributed by atoms with E-state index in [0.29, 0.717) is 23.6 Å². The molecule has 2 amide bonds. The Bertz CT molecular complexity index is 885. The Kier molecular flexibility index (Phi) is 5.47. The second-order valence-corrected chi connectivity index (χ2v) is 7.71. The zero-order valence-electron chi connectivity index (χ0n) is 16.8. The third-order valence-corrected chi connectivity index (χ3v) is 5.73. The normalized spacial score (nSPS) is 23.0. The smallest absolute Gasteiger partial charge is 0.271 e. The van der Waals surface area contributed by atoms with Gasteiger partial charge in [0.1, 0.15) is 11.4 Å². The Morgan fingerprint density at radius 3 is 2.52 bits per heavy atom. The number of hydrogen-bond donors (Lipinski definition) is 1. The van der Waals surface area contributed by atoms with Gasteiger partial charge in [-0.1, -0.05) is 12.1 Å². The van der Waals surface area contributed by atoms with Crippen molar-refractivity contribution in [1.82, 2.24) is 20.2 Å². The fraction of sp³-hybridized carbons (Fsp3) is 0.455. The molecule has 2 unspecified atom stereocenters. The lowest BCUT2D eigenvalue weighted by Gasteiger charge is -2.39. The molecule has 2 bridgehead atoms. The maximum Gasteiger partial charge on any atom is 0.271 e. The van der Waals surface area contributed by atoms with Gasteiger partial charge in [-0.2, -0.15) is 0 Å². The molecule has 4 rings (SSSR count). The van der Waals surface area contributed by atoms with E-state index in [0.717, 1.165) is 31.4 Å². The summed E-state index contributed by atoms with van der Waals surface area (Å²) in [6.07, 6.45) is 6.53. The van der Waals surface area contributed by atoms with Crippen LogP contribution in [0, 0.1) is 6.92 Å². The average Bonchev–Trinajstić information content (AvgIpc) is 2.99. The molecule has 7 heteroatoms. The minimum atomic E-state index is -0.205. The maximum absolute atomic E-state index is 13.3. The number of para-hydroxylation sites is 1. The predicted octanol–water partition coefficient (Wildman–Crippen LogP) is 2.75. The van der Waals surface area contributed by atoms with Crippen LogP contribution >= 0.6 is 0 Å². The summed E-state index contributed by atoms with van der Waals surface area (Å²) in [6.45, 7) is 4.27. The SMILES string of the molecule is CCOc1ccccc1C(=O)N1C2CCC1CC(NC(=O)c1cnc(C)cn1)C2. The van der Waals surface area contributed by atoms with Gasteiger partial charge in [0.25, 0.3) is 11.8 Å². The molecular weight excluding hydrogens is 368 g/mol. The Morgan fingerprint density at radius 1 is 1.14 bits per heavy atom. The molecule has 2 saturated heterocycles. The van der Waals surface area contributed by atoms with Crippen molar-refractivity contribution >= 4 is 11.8 Å². The molecule has 1 aromatic carbocycles. The third-order valence-electron chi connectivity index (χ3n) is 5.73. The number of nitrogens with zero attached hydrogens (tertiary/aromatic N) is 3. The zero-order chi connectivity index (χ0) is 20.4. The molecule has 2 aliphatic rings. The zero-order valence-corrected chi connectivity index (χ0v) is 16.8. The molecule has 29 heavy (non-hydrogen) atoms. The number of carbonyl (C=O) groups excluding carboxylic acids is 2. The third kappa shape index (κ3) is 3.95. The summed E-state index contributed by atoms with van der Waals surface area (Å²) in [5.74, 6) is 0.451. The number of ether oxygens (including phenoxy) is 1. The highest BCUT2D eigenvalue weighted by molar-refractivity contribution is 5.97. The van der Waals surface area contributed by atoms with Crippen molar-refractivity contribution in [3.63, 3.8) is 0 Å². The Morgan fingerprint density at radius 2 is 1.86 bits per heavy atom. The van der Waals surface area contributed by atoms with Gasteiger partial charge in [0.15, 0.2) is 0 Å². The summed E-state index contributed by atoms with van der Waals surface area (Å²) in [5, 5.41) is 3.08. The van der Waals surface area contributed by atoms with E-state index < -0.39 is 0 Å². The van der Waals surface area contributed by atoms with Crippen LogP contribution in [0.1, 0.15) is 59.1 Å². The first kappa shape index (κ1) is 19.4. The van der Waals surface area contributed by atoms with Crippen LogP contribution in [-0.4, -0.2) is 51.4 Å². The van der Waals surface area contributed by atoms with Crippen LogP contribution in [0.3, 0.4) is 0 Å². The fourth-order valence-corrected chi connectivity index (χ4v) is 4.46. The molecule has 1 aromatic heterocycles. The number of amides is 2. The summed E-state index contributed by atoms with van der Waals surface area (Å²) < 4.78 is 5.65. The Balaban J connectivity index is 1.45. The molecule has 7 nitrogen and oxygen atoms in total. The molecule has 2 aliphatic heterocycles. The van der Waals surface area contributed by atoms with Crippen LogP contribution < -0.4 is 10.1 Å². The van der Waals surface area contributed by atoms with Gasteiger partial charge >= 0.3 is 0 Å². The molecule has 1 N–H and O–H groups in total. The van der Waals surface area contributed by atoms with Gasteiger partial charge in [-0.05, 0) is 51.7 Å². The first-order valence-corrected chi connectivity index (χ1v) is 10.2. The van der Waals surface area contributed by atoms with Crippen molar-refractivity contribution in [2.75, 3.05) is 6.61 Å². The topological polar surface area (TPSA) is 84.4 Å². The van der Waals surface area contributed by atoms with Gasteiger partial charge in [-0.3, -0.25) is 14.6 Å². The molecule has 152 valence electrons. The number of piperidine rings is 1. The van der Waals surface area contributed by atoms with E-state index in [4.69, 9.17) is 4.74 Å². The second kappa shape index (κ2) is 8.19. The van der Waals surface area contributed by atoms with Gasteiger partial charge in [0.05, 0.1) is 24.1 Å². The number of hydrogen-bond acceptors (Lipinski definition) is 5. The van der Waals surface area contributed by atoms with Crippen molar-refractivity contribution in [1.29, 1.82) is 0 Å². The van der Waals surface area contributed by atoms with Crippen LogP contribution in [0.2, 0.25) is 0 Å². The summed E-state index contributed by atoms with van der Waals surface area (Å²) in [5.41, 5.74) is 1.72. The summed E-state index contributed by atoms with van der Waals surface area (Å²) in [4.78, 5) is 36.1. The van der Waals surface area contributed by atoms with Crippen LogP contribution in [0.25, 0.3) is 0 Å². The van der Waals surface area contributed by atoms with E-state index in [1.165, 1.54) is 6.20 Å². The summed E-state index contributed by atoms with van der Waals surface area (Å²) in [7, 11) is 0. The molecule has 2 fully saturated rings. The van der Waals surface area contributed by atoms with Crippen molar-refractivity contribution < 1.29 is 14.3 Å². The average molecular weight is 394 g/mol. The fourth-order valence-electron chi connectivity index (χ4n) is 4.46. The standard InChI is InChI=1S/C22H26N4O3/c1-3-29-20-7-5-4-6-18(20)22(28)26-16-8-9-17(26)11-15(10-16)25-21(27)19-13-23-14(2)12-24-19/h4-7,12-13,15-17H,3,8-11H2,1-2H3,(H,25,27). The number of nitrogens with one attached hydrogen (secondary N) is 1. The first-order chi connectivity index (χ1) is 14.1. The van der Waals surface area contributed by atoms with Crippen molar-refractivity contribution in [3.05, 3.63) is 53.6 Å². The molecule has 2 aromatic rings. The number of aromatic nitrogens is 2. The summed E-state index contributed by atoms with van der Waals surface area (Å²) in [6, 6.07) is 7.72. The van der Waals surface area contributed by atoms with Crippen LogP contribution in [0.5, 0.6) is 5.75 Å². The largest absolute Gasteiger partial charge is 0.493 e. The molecule has 0 radical (unpaired) electrons. The van der Waals surface area contributed by atoms with Gasteiger partial charge in [-0.15, -0.1) is 0 Å². The molecule has 3 heterocycles. The number of aryl methyl sites for hydroxylation is 1. The highest BCUT2D eigenvalue weighted by Crippen LogP contribution is 2.38. The van der Waals surface area contributed by atoms with E-state index in [2.05, 4.69) is 15.3 Å². The molecule has 2 atom stereocenters. The van der Waals surface area contributed by atoms with Gasteiger partial charge < -0.3 is 15.0 Å². The van der Waals surface area contributed by atoms with Crippen molar-refractivity contribution in [2.24, 2.45) is 0 Å².